The van der Waals surface area contributed by atoms with Crippen molar-refractivity contribution < 1.29 is 9.53 Å². The lowest BCUT2D eigenvalue weighted by Gasteiger charge is -2.07. The zero-order valence-corrected chi connectivity index (χ0v) is 13.6. The number of para-hydroxylation sites is 2. The first kappa shape index (κ1) is 16.6. The number of carbonyl (C=O) groups excluding carboxylic acids is 1. The highest BCUT2D eigenvalue weighted by Gasteiger charge is 2.11. The van der Waals surface area contributed by atoms with Gasteiger partial charge in [-0.3, -0.25) is 4.79 Å². The number of hydrogen-bond donors (Lipinski definition) is 1. The number of imidazole rings is 1. The number of hydrogen-bond acceptors (Lipinski definition) is 4. The summed E-state index contributed by atoms with van der Waals surface area (Å²) >= 11 is 1.45. The Morgan fingerprint density at radius 3 is 3.09 bits per heavy atom. The Hall–Kier alpha value is -1.79. The predicted octanol–water partition coefficient (Wildman–Crippen LogP) is 2.47. The predicted molar refractivity (Wildman–Crippen MR) is 90.2 cm³/mol. The van der Waals surface area contributed by atoms with Crippen LogP contribution in [0.15, 0.2) is 42.1 Å². The van der Waals surface area contributed by atoms with E-state index >= 15 is 0 Å². The van der Waals surface area contributed by atoms with Crippen LogP contribution < -0.4 is 5.32 Å². The van der Waals surface area contributed by atoms with E-state index in [2.05, 4.69) is 21.4 Å². The molecule has 0 atom stereocenters. The van der Waals surface area contributed by atoms with Gasteiger partial charge in [0.15, 0.2) is 5.16 Å². The summed E-state index contributed by atoms with van der Waals surface area (Å²) < 4.78 is 7.02. The first-order chi connectivity index (χ1) is 10.8. The van der Waals surface area contributed by atoms with E-state index < -0.39 is 0 Å². The van der Waals surface area contributed by atoms with Gasteiger partial charge >= 0.3 is 0 Å². The van der Waals surface area contributed by atoms with Crippen molar-refractivity contribution in [3.8, 4) is 0 Å². The first-order valence-electron chi connectivity index (χ1n) is 7.21. The number of nitrogens with zero attached hydrogens (tertiary/aromatic N) is 2. The molecule has 0 spiro atoms. The minimum Gasteiger partial charge on any atom is -0.385 e. The molecule has 2 aromatic rings. The number of carbonyl (C=O) groups is 1. The summed E-state index contributed by atoms with van der Waals surface area (Å²) in [6.45, 7) is 5.76. The molecule has 0 saturated heterocycles. The van der Waals surface area contributed by atoms with Crippen LogP contribution in [0.5, 0.6) is 0 Å². The van der Waals surface area contributed by atoms with Crippen LogP contribution in [0.2, 0.25) is 0 Å². The second-order valence-electron chi connectivity index (χ2n) is 4.77. The summed E-state index contributed by atoms with van der Waals surface area (Å²) in [7, 11) is 1.65. The number of benzene rings is 1. The molecule has 0 aliphatic rings. The lowest BCUT2D eigenvalue weighted by molar-refractivity contribution is -0.118. The summed E-state index contributed by atoms with van der Waals surface area (Å²) in [5.41, 5.74) is 2.00. The molecule has 0 saturated carbocycles. The minimum absolute atomic E-state index is 0.0123. The molecular weight excluding hydrogens is 298 g/mol. The van der Waals surface area contributed by atoms with E-state index in [-0.39, 0.29) is 5.91 Å². The van der Waals surface area contributed by atoms with E-state index in [0.29, 0.717) is 25.4 Å². The number of methoxy groups -OCH3 is 1. The third-order valence-corrected chi connectivity index (χ3v) is 4.09. The smallest absolute Gasteiger partial charge is 0.230 e. The molecule has 1 heterocycles. The normalized spacial score (nSPS) is 10.8. The van der Waals surface area contributed by atoms with Gasteiger partial charge in [-0.2, -0.15) is 0 Å². The lowest BCUT2D eigenvalue weighted by atomic mass is 10.3. The number of ether oxygens (including phenoxy) is 1. The van der Waals surface area contributed by atoms with E-state index in [4.69, 9.17) is 4.74 Å². The lowest BCUT2D eigenvalue weighted by Crippen LogP contribution is -2.26. The van der Waals surface area contributed by atoms with E-state index in [1.54, 1.807) is 7.11 Å². The van der Waals surface area contributed by atoms with Crippen molar-refractivity contribution in [3.63, 3.8) is 0 Å². The fraction of sp³-hybridized carbons (Fsp3) is 0.375. The Morgan fingerprint density at radius 1 is 1.50 bits per heavy atom. The van der Waals surface area contributed by atoms with Crippen LogP contribution in [-0.4, -0.2) is 41.5 Å². The summed E-state index contributed by atoms with van der Waals surface area (Å²) in [5.74, 6) is 0.367. The molecule has 1 aromatic heterocycles. The van der Waals surface area contributed by atoms with Crippen LogP contribution in [0.4, 0.5) is 0 Å². The van der Waals surface area contributed by atoms with Gasteiger partial charge in [0.05, 0.1) is 16.8 Å². The summed E-state index contributed by atoms with van der Waals surface area (Å²) in [6.07, 6.45) is 2.66. The maximum Gasteiger partial charge on any atom is 0.230 e. The third-order valence-electron chi connectivity index (χ3n) is 3.11. The highest BCUT2D eigenvalue weighted by molar-refractivity contribution is 7.99. The number of nitrogens with one attached hydrogen (secondary N) is 1. The molecule has 0 radical (unpaired) electrons. The van der Waals surface area contributed by atoms with Crippen LogP contribution in [0.3, 0.4) is 0 Å². The van der Waals surface area contributed by atoms with Crippen LogP contribution in [-0.2, 0) is 16.1 Å². The van der Waals surface area contributed by atoms with E-state index in [1.165, 1.54) is 11.8 Å². The highest BCUT2D eigenvalue weighted by atomic mass is 32.2. The van der Waals surface area contributed by atoms with Gasteiger partial charge in [0, 0.05) is 26.8 Å². The third kappa shape index (κ3) is 4.35. The second kappa shape index (κ2) is 8.60. The molecule has 118 valence electrons. The average Bonchev–Trinajstić information content (AvgIpc) is 2.88. The molecule has 6 heteroatoms. The van der Waals surface area contributed by atoms with Gasteiger partial charge in [-0.15, -0.1) is 6.58 Å². The van der Waals surface area contributed by atoms with Gasteiger partial charge in [-0.1, -0.05) is 30.0 Å². The molecule has 0 bridgehead atoms. The van der Waals surface area contributed by atoms with E-state index in [0.717, 1.165) is 22.6 Å². The van der Waals surface area contributed by atoms with Crippen molar-refractivity contribution >= 4 is 28.7 Å². The minimum atomic E-state index is 0.0123. The van der Waals surface area contributed by atoms with Crippen LogP contribution in [0.25, 0.3) is 11.0 Å². The van der Waals surface area contributed by atoms with Crippen molar-refractivity contribution in [3.05, 3.63) is 36.9 Å². The monoisotopic (exact) mass is 319 g/mol. The maximum absolute atomic E-state index is 11.8. The van der Waals surface area contributed by atoms with Crippen LogP contribution in [0.1, 0.15) is 6.42 Å². The summed E-state index contributed by atoms with van der Waals surface area (Å²) in [5, 5.41) is 3.72. The van der Waals surface area contributed by atoms with Crippen molar-refractivity contribution in [1.82, 2.24) is 14.9 Å². The fourth-order valence-electron chi connectivity index (χ4n) is 2.09. The van der Waals surface area contributed by atoms with Crippen LogP contribution >= 0.6 is 11.8 Å². The average molecular weight is 319 g/mol. The summed E-state index contributed by atoms with van der Waals surface area (Å²) in [4.78, 5) is 16.4. The maximum atomic E-state index is 11.8. The largest absolute Gasteiger partial charge is 0.385 e. The SMILES string of the molecule is C=CCn1c(SCC(=O)NCCCOC)nc2ccccc21. The molecular formula is C16H21N3O2S. The Balaban J connectivity index is 1.97. The van der Waals surface area contributed by atoms with Gasteiger partial charge in [0.1, 0.15) is 0 Å². The van der Waals surface area contributed by atoms with Crippen molar-refractivity contribution in [2.45, 2.75) is 18.1 Å². The van der Waals surface area contributed by atoms with Crippen molar-refractivity contribution in [1.29, 1.82) is 0 Å². The zero-order chi connectivity index (χ0) is 15.8. The number of thioether (sulfide) groups is 1. The quantitative estimate of drug-likeness (QED) is 0.438. The fourth-order valence-corrected chi connectivity index (χ4v) is 2.95. The molecule has 0 aliphatic carbocycles. The zero-order valence-electron chi connectivity index (χ0n) is 12.7. The highest BCUT2D eigenvalue weighted by Crippen LogP contribution is 2.23. The molecule has 1 amide bonds. The van der Waals surface area contributed by atoms with Gasteiger partial charge < -0.3 is 14.6 Å². The Labute approximate surface area is 134 Å². The Morgan fingerprint density at radius 2 is 2.32 bits per heavy atom. The topological polar surface area (TPSA) is 56.2 Å². The number of allylic oxidation sites excluding steroid dienone is 1. The standard InChI is InChI=1S/C16H21N3O2S/c1-3-10-19-14-8-5-4-7-13(14)18-16(19)22-12-15(20)17-9-6-11-21-2/h3-5,7-8H,1,6,9-12H2,2H3,(H,17,20). The number of aromatic nitrogens is 2. The molecule has 0 fully saturated rings. The molecule has 1 aromatic carbocycles. The molecule has 2 rings (SSSR count). The molecule has 0 aliphatic heterocycles. The van der Waals surface area contributed by atoms with Crippen molar-refractivity contribution in [2.24, 2.45) is 0 Å². The Kier molecular flexibility index (Phi) is 6.48. The molecule has 0 unspecified atom stereocenters. The van der Waals surface area contributed by atoms with E-state index in [9.17, 15) is 4.79 Å². The van der Waals surface area contributed by atoms with Gasteiger partial charge in [0.2, 0.25) is 5.91 Å². The number of amides is 1. The number of rotatable bonds is 9. The number of fused-ring (bicyclic) bond motifs is 1. The summed E-state index contributed by atoms with van der Waals surface area (Å²) in [6, 6.07) is 7.95. The Bertz CT molecular complexity index is 639. The van der Waals surface area contributed by atoms with Crippen LogP contribution in [0, 0.1) is 0 Å². The molecule has 22 heavy (non-hydrogen) atoms. The first-order valence-corrected chi connectivity index (χ1v) is 8.19. The van der Waals surface area contributed by atoms with Gasteiger partial charge in [0.25, 0.3) is 0 Å². The van der Waals surface area contributed by atoms with Gasteiger partial charge in [-0.05, 0) is 18.6 Å². The van der Waals surface area contributed by atoms with E-state index in [1.807, 2.05) is 30.3 Å². The molecule has 5 nitrogen and oxygen atoms in total. The van der Waals surface area contributed by atoms with Gasteiger partial charge in [-0.25, -0.2) is 4.98 Å². The molecule has 1 N–H and O–H groups in total. The second-order valence-corrected chi connectivity index (χ2v) is 5.71. The van der Waals surface area contributed by atoms with Crippen molar-refractivity contribution in [2.75, 3.05) is 26.0 Å².